The number of thiazole rings is 1. The zero-order valence-corrected chi connectivity index (χ0v) is 13.6. The van der Waals surface area contributed by atoms with Gasteiger partial charge in [-0.2, -0.15) is 0 Å². The molecule has 0 saturated heterocycles. The summed E-state index contributed by atoms with van der Waals surface area (Å²) in [6.45, 7) is 5.62. The molecule has 2 aromatic heterocycles. The third-order valence-electron chi connectivity index (χ3n) is 2.97. The zero-order chi connectivity index (χ0) is 14.5. The van der Waals surface area contributed by atoms with Crippen LogP contribution in [0.25, 0.3) is 0 Å². The molecule has 0 amide bonds. The van der Waals surface area contributed by atoms with Crippen LogP contribution in [-0.2, 0) is 24.5 Å². The lowest BCUT2D eigenvalue weighted by Gasteiger charge is -2.25. The number of rotatable bonds is 7. The first kappa shape index (κ1) is 15.4. The molecule has 0 atom stereocenters. The molecule has 6 heteroatoms. The number of nitrogens with zero attached hydrogens (tertiary/aromatic N) is 2. The quantitative estimate of drug-likeness (QED) is 0.852. The normalized spacial score (nSPS) is 11.2. The average molecular weight is 312 g/mol. The van der Waals surface area contributed by atoms with Crippen LogP contribution in [0, 0.1) is 0 Å². The van der Waals surface area contributed by atoms with E-state index in [1.165, 1.54) is 4.88 Å². The van der Waals surface area contributed by atoms with Gasteiger partial charge in [0, 0.05) is 18.0 Å². The van der Waals surface area contributed by atoms with Crippen molar-refractivity contribution in [3.63, 3.8) is 0 Å². The van der Waals surface area contributed by atoms with Crippen LogP contribution in [0.3, 0.4) is 0 Å². The van der Waals surface area contributed by atoms with Crippen molar-refractivity contribution in [2.75, 3.05) is 12.0 Å². The number of anilines is 1. The Bertz CT molecular complexity index is 523. The van der Waals surface area contributed by atoms with Gasteiger partial charge < -0.3 is 14.7 Å². The molecule has 2 aromatic rings. The first-order chi connectivity index (χ1) is 9.65. The van der Waals surface area contributed by atoms with Crippen LogP contribution >= 0.6 is 22.7 Å². The maximum absolute atomic E-state index is 9.43. The molecule has 0 radical (unpaired) electrons. The SMILES string of the molecule is COCc1nc(N(Cc2cccs2)C(C)C)sc1CO. The predicted molar refractivity (Wildman–Crippen MR) is 84.4 cm³/mol. The van der Waals surface area contributed by atoms with E-state index in [1.807, 2.05) is 0 Å². The standard InChI is InChI=1S/C14H20N2O2S2/c1-10(2)16(7-11-5-4-6-19-11)14-15-12(9-18-3)13(8-17)20-14/h4-6,10,17H,7-9H2,1-3H3. The van der Waals surface area contributed by atoms with Gasteiger partial charge in [0.2, 0.25) is 0 Å². The minimum atomic E-state index is 0.0152. The fourth-order valence-electron chi connectivity index (χ4n) is 1.91. The van der Waals surface area contributed by atoms with Crippen LogP contribution in [0.2, 0.25) is 0 Å². The fourth-order valence-corrected chi connectivity index (χ4v) is 3.67. The van der Waals surface area contributed by atoms with E-state index in [0.29, 0.717) is 12.6 Å². The summed E-state index contributed by atoms with van der Waals surface area (Å²) < 4.78 is 5.15. The monoisotopic (exact) mass is 312 g/mol. The van der Waals surface area contributed by atoms with Gasteiger partial charge in [-0.15, -0.1) is 11.3 Å². The molecular weight excluding hydrogens is 292 g/mol. The summed E-state index contributed by atoms with van der Waals surface area (Å²) in [7, 11) is 1.64. The molecular formula is C14H20N2O2S2. The molecule has 0 bridgehead atoms. The van der Waals surface area contributed by atoms with Gasteiger partial charge in [-0.1, -0.05) is 17.4 Å². The van der Waals surface area contributed by atoms with Gasteiger partial charge >= 0.3 is 0 Å². The number of hydrogen-bond acceptors (Lipinski definition) is 6. The molecule has 20 heavy (non-hydrogen) atoms. The van der Waals surface area contributed by atoms with Gasteiger partial charge in [-0.3, -0.25) is 0 Å². The van der Waals surface area contributed by atoms with Crippen molar-refractivity contribution in [3.05, 3.63) is 33.0 Å². The Kier molecular flexibility index (Phi) is 5.54. The van der Waals surface area contributed by atoms with Gasteiger partial charge in [-0.25, -0.2) is 4.98 Å². The first-order valence-corrected chi connectivity index (χ1v) is 8.22. The van der Waals surface area contributed by atoms with Crippen LogP contribution in [0.1, 0.15) is 29.3 Å². The summed E-state index contributed by atoms with van der Waals surface area (Å²) in [6.07, 6.45) is 0. The van der Waals surface area contributed by atoms with Crippen molar-refractivity contribution in [2.24, 2.45) is 0 Å². The highest BCUT2D eigenvalue weighted by atomic mass is 32.1. The van der Waals surface area contributed by atoms with Gasteiger partial charge in [-0.05, 0) is 25.3 Å². The molecule has 110 valence electrons. The van der Waals surface area contributed by atoms with Crippen molar-refractivity contribution in [3.8, 4) is 0 Å². The van der Waals surface area contributed by atoms with E-state index >= 15 is 0 Å². The number of aliphatic hydroxyl groups is 1. The third kappa shape index (κ3) is 3.58. The molecule has 2 rings (SSSR count). The van der Waals surface area contributed by atoms with Gasteiger partial charge in [0.15, 0.2) is 5.13 Å². The largest absolute Gasteiger partial charge is 0.391 e. The number of thiophene rings is 1. The molecule has 0 unspecified atom stereocenters. The number of methoxy groups -OCH3 is 1. The van der Waals surface area contributed by atoms with Crippen molar-refractivity contribution in [2.45, 2.75) is 39.6 Å². The van der Waals surface area contributed by atoms with E-state index in [-0.39, 0.29) is 6.61 Å². The van der Waals surface area contributed by atoms with Crippen LogP contribution in [0.15, 0.2) is 17.5 Å². The lowest BCUT2D eigenvalue weighted by molar-refractivity contribution is 0.179. The van der Waals surface area contributed by atoms with E-state index in [9.17, 15) is 5.11 Å². The molecule has 1 N–H and O–H groups in total. The molecule has 0 aromatic carbocycles. The Morgan fingerprint density at radius 2 is 2.25 bits per heavy atom. The Morgan fingerprint density at radius 3 is 2.80 bits per heavy atom. The number of ether oxygens (including phenoxy) is 1. The number of aromatic nitrogens is 1. The molecule has 4 nitrogen and oxygen atoms in total. The highest BCUT2D eigenvalue weighted by Gasteiger charge is 2.18. The highest BCUT2D eigenvalue weighted by molar-refractivity contribution is 7.15. The molecule has 0 aliphatic rings. The van der Waals surface area contributed by atoms with Crippen molar-refractivity contribution in [1.29, 1.82) is 0 Å². The molecule has 0 saturated carbocycles. The summed E-state index contributed by atoms with van der Waals surface area (Å²) >= 11 is 3.30. The second-order valence-corrected chi connectivity index (χ2v) is 6.85. The summed E-state index contributed by atoms with van der Waals surface area (Å²) in [5.74, 6) is 0. The number of hydrogen-bond donors (Lipinski definition) is 1. The van der Waals surface area contributed by atoms with E-state index < -0.39 is 0 Å². The Balaban J connectivity index is 2.24. The zero-order valence-electron chi connectivity index (χ0n) is 12.0. The van der Waals surface area contributed by atoms with E-state index in [0.717, 1.165) is 22.2 Å². The fraction of sp³-hybridized carbons (Fsp3) is 0.500. The maximum Gasteiger partial charge on any atom is 0.186 e. The van der Waals surface area contributed by atoms with E-state index in [2.05, 4.69) is 41.2 Å². The van der Waals surface area contributed by atoms with E-state index in [4.69, 9.17) is 4.74 Å². The minimum absolute atomic E-state index is 0.0152. The molecule has 0 fully saturated rings. The second kappa shape index (κ2) is 7.17. The third-order valence-corrected chi connectivity index (χ3v) is 4.95. The summed E-state index contributed by atoms with van der Waals surface area (Å²) in [5, 5.41) is 12.5. The predicted octanol–water partition coefficient (Wildman–Crippen LogP) is 3.26. The van der Waals surface area contributed by atoms with Gasteiger partial charge in [0.25, 0.3) is 0 Å². The van der Waals surface area contributed by atoms with Gasteiger partial charge in [0.1, 0.15) is 0 Å². The molecule has 0 aliphatic carbocycles. The first-order valence-electron chi connectivity index (χ1n) is 6.53. The smallest absolute Gasteiger partial charge is 0.186 e. The Hall–Kier alpha value is -0.950. The van der Waals surface area contributed by atoms with Crippen LogP contribution in [0.5, 0.6) is 0 Å². The van der Waals surface area contributed by atoms with Crippen molar-refractivity contribution >= 4 is 27.8 Å². The van der Waals surface area contributed by atoms with E-state index in [1.54, 1.807) is 29.8 Å². The van der Waals surface area contributed by atoms with Crippen LogP contribution in [-0.4, -0.2) is 23.2 Å². The molecule has 2 heterocycles. The average Bonchev–Trinajstić information content (AvgIpc) is 3.05. The van der Waals surface area contributed by atoms with Crippen LogP contribution < -0.4 is 4.90 Å². The maximum atomic E-state index is 9.43. The second-order valence-electron chi connectivity index (χ2n) is 4.76. The summed E-state index contributed by atoms with van der Waals surface area (Å²) in [6, 6.07) is 4.55. The minimum Gasteiger partial charge on any atom is -0.391 e. The topological polar surface area (TPSA) is 45.6 Å². The Morgan fingerprint density at radius 1 is 1.45 bits per heavy atom. The van der Waals surface area contributed by atoms with Crippen LogP contribution in [0.4, 0.5) is 5.13 Å². The highest BCUT2D eigenvalue weighted by Crippen LogP contribution is 2.30. The van der Waals surface area contributed by atoms with Crippen molar-refractivity contribution < 1.29 is 9.84 Å². The molecule has 0 aliphatic heterocycles. The summed E-state index contributed by atoms with van der Waals surface area (Å²) in [4.78, 5) is 9.10. The lowest BCUT2D eigenvalue weighted by atomic mass is 10.3. The molecule has 0 spiro atoms. The van der Waals surface area contributed by atoms with Gasteiger partial charge in [0.05, 0.1) is 30.3 Å². The Labute approximate surface area is 127 Å². The van der Waals surface area contributed by atoms with Crippen molar-refractivity contribution in [1.82, 2.24) is 4.98 Å². The summed E-state index contributed by atoms with van der Waals surface area (Å²) in [5.41, 5.74) is 0.840. The number of aliphatic hydroxyl groups excluding tert-OH is 1. The lowest BCUT2D eigenvalue weighted by Crippen LogP contribution is -2.29.